The lowest BCUT2D eigenvalue weighted by molar-refractivity contribution is -0.384. The number of nitrogens with two attached hydrogens (primary N) is 1. The predicted molar refractivity (Wildman–Crippen MR) is 82.5 cm³/mol. The van der Waals surface area contributed by atoms with Crippen LogP contribution in [0.15, 0.2) is 18.2 Å². The van der Waals surface area contributed by atoms with Crippen LogP contribution in [-0.4, -0.2) is 41.9 Å². The SMILES string of the molecule is CCN(CC)CCCNc1ccc(C(N)=O)cc1[N+](=O)[O-]. The van der Waals surface area contributed by atoms with E-state index >= 15 is 0 Å². The molecule has 0 bridgehead atoms. The summed E-state index contributed by atoms with van der Waals surface area (Å²) in [6.07, 6.45) is 0.885. The van der Waals surface area contributed by atoms with Gasteiger partial charge in [0.25, 0.3) is 5.69 Å². The molecule has 1 amide bonds. The molecule has 0 unspecified atom stereocenters. The lowest BCUT2D eigenvalue weighted by atomic mass is 10.1. The molecule has 0 fully saturated rings. The number of nitrogens with one attached hydrogen (secondary N) is 1. The van der Waals surface area contributed by atoms with E-state index in [4.69, 9.17) is 5.73 Å². The molecular weight excluding hydrogens is 272 g/mol. The zero-order valence-corrected chi connectivity index (χ0v) is 12.5. The highest BCUT2D eigenvalue weighted by molar-refractivity contribution is 5.94. The van der Waals surface area contributed by atoms with Crippen molar-refractivity contribution in [1.29, 1.82) is 0 Å². The maximum absolute atomic E-state index is 11.1. The molecule has 0 saturated heterocycles. The highest BCUT2D eigenvalue weighted by Crippen LogP contribution is 2.25. The fraction of sp³-hybridized carbons (Fsp3) is 0.500. The van der Waals surface area contributed by atoms with Gasteiger partial charge >= 0.3 is 0 Å². The number of nitrogens with zero attached hydrogens (tertiary/aromatic N) is 2. The average molecular weight is 294 g/mol. The Labute approximate surface area is 124 Å². The van der Waals surface area contributed by atoms with Crippen LogP contribution in [0.1, 0.15) is 30.6 Å². The van der Waals surface area contributed by atoms with Gasteiger partial charge < -0.3 is 16.0 Å². The first kappa shape index (κ1) is 16.9. The maximum Gasteiger partial charge on any atom is 0.293 e. The minimum atomic E-state index is -0.675. The molecule has 0 aliphatic heterocycles. The molecule has 0 radical (unpaired) electrons. The van der Waals surface area contributed by atoms with Gasteiger partial charge in [-0.2, -0.15) is 0 Å². The minimum Gasteiger partial charge on any atom is -0.379 e. The lowest BCUT2D eigenvalue weighted by Gasteiger charge is -2.17. The first-order valence-electron chi connectivity index (χ1n) is 7.04. The molecule has 0 saturated carbocycles. The van der Waals surface area contributed by atoms with Crippen molar-refractivity contribution in [1.82, 2.24) is 4.90 Å². The van der Waals surface area contributed by atoms with Crippen LogP contribution in [0.4, 0.5) is 11.4 Å². The summed E-state index contributed by atoms with van der Waals surface area (Å²) in [6, 6.07) is 4.22. The molecule has 7 heteroatoms. The van der Waals surface area contributed by atoms with Crippen LogP contribution in [0.5, 0.6) is 0 Å². The number of primary amides is 1. The van der Waals surface area contributed by atoms with Crippen LogP contribution in [-0.2, 0) is 0 Å². The Hall–Kier alpha value is -2.15. The van der Waals surface area contributed by atoms with Crippen LogP contribution in [0.2, 0.25) is 0 Å². The highest BCUT2D eigenvalue weighted by Gasteiger charge is 2.16. The predicted octanol–water partition coefficient (Wildman–Crippen LogP) is 1.84. The van der Waals surface area contributed by atoms with Crippen LogP contribution < -0.4 is 11.1 Å². The van der Waals surface area contributed by atoms with E-state index in [-0.39, 0.29) is 11.3 Å². The van der Waals surface area contributed by atoms with Crippen LogP contribution in [0, 0.1) is 10.1 Å². The molecule has 7 nitrogen and oxygen atoms in total. The van der Waals surface area contributed by atoms with Gasteiger partial charge in [-0.25, -0.2) is 0 Å². The first-order chi connectivity index (χ1) is 9.99. The fourth-order valence-electron chi connectivity index (χ4n) is 2.05. The Kier molecular flexibility index (Phi) is 6.61. The van der Waals surface area contributed by atoms with Crippen molar-refractivity contribution in [3.05, 3.63) is 33.9 Å². The van der Waals surface area contributed by atoms with Crippen LogP contribution >= 0.6 is 0 Å². The van der Waals surface area contributed by atoms with Gasteiger partial charge in [0.15, 0.2) is 0 Å². The summed E-state index contributed by atoms with van der Waals surface area (Å²) in [5, 5.41) is 14.1. The van der Waals surface area contributed by atoms with Gasteiger partial charge in [-0.1, -0.05) is 13.8 Å². The van der Waals surface area contributed by atoms with Crippen molar-refractivity contribution in [3.8, 4) is 0 Å². The summed E-state index contributed by atoms with van der Waals surface area (Å²) >= 11 is 0. The molecule has 0 aliphatic rings. The second-order valence-corrected chi connectivity index (χ2v) is 4.66. The van der Waals surface area contributed by atoms with E-state index in [2.05, 4.69) is 24.1 Å². The van der Waals surface area contributed by atoms with Crippen molar-refractivity contribution < 1.29 is 9.72 Å². The molecular formula is C14H22N4O3. The molecule has 0 aliphatic carbocycles. The Morgan fingerprint density at radius 1 is 1.38 bits per heavy atom. The number of nitro groups is 1. The second kappa shape index (κ2) is 8.21. The van der Waals surface area contributed by atoms with Crippen molar-refractivity contribution in [2.45, 2.75) is 20.3 Å². The van der Waals surface area contributed by atoms with Gasteiger partial charge in [0.05, 0.1) is 4.92 Å². The standard InChI is InChI=1S/C14H22N4O3/c1-3-17(4-2)9-5-8-16-12-7-6-11(14(15)19)10-13(12)18(20)21/h6-7,10,16H,3-5,8-9H2,1-2H3,(H2,15,19). The van der Waals surface area contributed by atoms with Crippen LogP contribution in [0.3, 0.4) is 0 Å². The normalized spacial score (nSPS) is 10.6. The molecule has 0 heterocycles. The van der Waals surface area contributed by atoms with E-state index in [1.165, 1.54) is 18.2 Å². The number of amides is 1. The largest absolute Gasteiger partial charge is 0.379 e. The summed E-state index contributed by atoms with van der Waals surface area (Å²) < 4.78 is 0. The summed E-state index contributed by atoms with van der Waals surface area (Å²) in [7, 11) is 0. The molecule has 116 valence electrons. The van der Waals surface area contributed by atoms with Gasteiger partial charge in [0, 0.05) is 18.2 Å². The van der Waals surface area contributed by atoms with Crippen molar-refractivity contribution in [2.75, 3.05) is 31.5 Å². The molecule has 21 heavy (non-hydrogen) atoms. The lowest BCUT2D eigenvalue weighted by Crippen LogP contribution is -2.25. The third-order valence-electron chi connectivity index (χ3n) is 3.34. The van der Waals surface area contributed by atoms with Gasteiger partial charge in [-0.05, 0) is 38.2 Å². The van der Waals surface area contributed by atoms with E-state index in [0.29, 0.717) is 12.2 Å². The van der Waals surface area contributed by atoms with Gasteiger partial charge in [-0.15, -0.1) is 0 Å². The topological polar surface area (TPSA) is 102 Å². The van der Waals surface area contributed by atoms with Crippen molar-refractivity contribution in [3.63, 3.8) is 0 Å². The van der Waals surface area contributed by atoms with Gasteiger partial charge in [0.2, 0.25) is 5.91 Å². The smallest absolute Gasteiger partial charge is 0.293 e. The number of carbonyl (C=O) groups excluding carboxylic acids is 1. The number of rotatable bonds is 9. The first-order valence-corrected chi connectivity index (χ1v) is 7.04. The Morgan fingerprint density at radius 2 is 2.05 bits per heavy atom. The Morgan fingerprint density at radius 3 is 2.57 bits per heavy atom. The number of nitro benzene ring substituents is 1. The molecule has 1 rings (SSSR count). The molecule has 1 aromatic carbocycles. The van der Waals surface area contributed by atoms with Crippen molar-refractivity contribution in [2.24, 2.45) is 5.73 Å². The van der Waals surface area contributed by atoms with Crippen LogP contribution in [0.25, 0.3) is 0 Å². The highest BCUT2D eigenvalue weighted by atomic mass is 16.6. The van der Waals surface area contributed by atoms with E-state index in [1.54, 1.807) is 0 Å². The quantitative estimate of drug-likeness (QED) is 0.411. The molecule has 0 spiro atoms. The summed E-state index contributed by atoms with van der Waals surface area (Å²) in [5.74, 6) is -0.675. The van der Waals surface area contributed by atoms with Gasteiger partial charge in [-0.3, -0.25) is 14.9 Å². The Bertz CT molecular complexity index is 501. The van der Waals surface area contributed by atoms with Crippen molar-refractivity contribution >= 4 is 17.3 Å². The average Bonchev–Trinajstić information content (AvgIpc) is 2.47. The summed E-state index contributed by atoms with van der Waals surface area (Å²) in [4.78, 5) is 23.9. The number of hydrogen-bond donors (Lipinski definition) is 2. The number of carbonyl (C=O) groups is 1. The number of hydrogen-bond acceptors (Lipinski definition) is 5. The molecule has 1 aromatic rings. The monoisotopic (exact) mass is 294 g/mol. The second-order valence-electron chi connectivity index (χ2n) is 4.66. The maximum atomic E-state index is 11.1. The minimum absolute atomic E-state index is 0.130. The molecule has 0 atom stereocenters. The Balaban J connectivity index is 2.66. The van der Waals surface area contributed by atoms with E-state index in [1.807, 2.05) is 0 Å². The van der Waals surface area contributed by atoms with E-state index in [9.17, 15) is 14.9 Å². The molecule has 3 N–H and O–H groups in total. The zero-order valence-electron chi connectivity index (χ0n) is 12.5. The summed E-state index contributed by atoms with van der Waals surface area (Å²) in [6.45, 7) is 7.75. The zero-order chi connectivity index (χ0) is 15.8. The third kappa shape index (κ3) is 5.03. The van der Waals surface area contributed by atoms with E-state index < -0.39 is 10.8 Å². The van der Waals surface area contributed by atoms with Gasteiger partial charge in [0.1, 0.15) is 5.69 Å². The third-order valence-corrected chi connectivity index (χ3v) is 3.34. The fourth-order valence-corrected chi connectivity index (χ4v) is 2.05. The molecule has 0 aromatic heterocycles. The summed E-state index contributed by atoms with van der Waals surface area (Å²) in [5.41, 5.74) is 5.54. The van der Waals surface area contributed by atoms with E-state index in [0.717, 1.165) is 26.1 Å². The number of anilines is 1. The number of benzene rings is 1.